The summed E-state index contributed by atoms with van der Waals surface area (Å²) in [6.45, 7) is 5.59. The van der Waals surface area contributed by atoms with E-state index in [4.69, 9.17) is 9.47 Å². The molecule has 2 aromatic rings. The number of thiophene rings is 1. The summed E-state index contributed by atoms with van der Waals surface area (Å²) in [7, 11) is -2.48. The van der Waals surface area contributed by atoms with Crippen molar-refractivity contribution < 1.29 is 22.7 Å². The van der Waals surface area contributed by atoms with Crippen LogP contribution in [0.3, 0.4) is 0 Å². The van der Waals surface area contributed by atoms with Gasteiger partial charge in [-0.2, -0.15) is 4.31 Å². The van der Waals surface area contributed by atoms with Crippen molar-refractivity contribution in [1.82, 2.24) is 9.21 Å². The molecule has 9 heteroatoms. The Morgan fingerprint density at radius 2 is 1.93 bits per heavy atom. The summed E-state index contributed by atoms with van der Waals surface area (Å²) >= 11 is 1.21. The number of fused-ring (bicyclic) bond motifs is 1. The SMILES string of the molecule is COC(=O)c1c(S(=O)(=O)N2CCOCC2)sc2c1CCN(Cc1ccccc1C)C2. The fourth-order valence-corrected chi connectivity index (χ4v) is 7.46. The number of carbonyl (C=O) groups is 1. The molecule has 1 aromatic heterocycles. The van der Waals surface area contributed by atoms with Crippen molar-refractivity contribution in [1.29, 1.82) is 0 Å². The Hall–Kier alpha value is -1.78. The van der Waals surface area contributed by atoms with Crippen LogP contribution < -0.4 is 0 Å². The maximum Gasteiger partial charge on any atom is 0.340 e. The number of esters is 1. The minimum absolute atomic E-state index is 0.110. The molecule has 0 bridgehead atoms. The van der Waals surface area contributed by atoms with Gasteiger partial charge >= 0.3 is 5.97 Å². The fourth-order valence-electron chi connectivity index (χ4n) is 3.99. The average molecular weight is 451 g/mol. The van der Waals surface area contributed by atoms with Crippen molar-refractivity contribution in [2.45, 2.75) is 30.6 Å². The van der Waals surface area contributed by atoms with Gasteiger partial charge in [-0.05, 0) is 30.0 Å². The van der Waals surface area contributed by atoms with Crippen LogP contribution in [0.1, 0.15) is 31.9 Å². The Labute approximate surface area is 181 Å². The highest BCUT2D eigenvalue weighted by molar-refractivity contribution is 7.91. The average Bonchev–Trinajstić information content (AvgIpc) is 3.15. The predicted octanol–water partition coefficient (Wildman–Crippen LogP) is 2.42. The number of rotatable bonds is 5. The fraction of sp³-hybridized carbons (Fsp3) is 0.476. The van der Waals surface area contributed by atoms with Gasteiger partial charge in [0.2, 0.25) is 0 Å². The van der Waals surface area contributed by atoms with Crippen molar-refractivity contribution >= 4 is 27.3 Å². The molecule has 3 heterocycles. The predicted molar refractivity (Wildman–Crippen MR) is 114 cm³/mol. The molecule has 30 heavy (non-hydrogen) atoms. The summed E-state index contributed by atoms with van der Waals surface area (Å²) in [6.07, 6.45) is 0.626. The minimum Gasteiger partial charge on any atom is -0.465 e. The molecule has 0 radical (unpaired) electrons. The number of methoxy groups -OCH3 is 1. The van der Waals surface area contributed by atoms with Crippen LogP contribution in [-0.4, -0.2) is 63.6 Å². The molecular formula is C21H26N2O5S2. The lowest BCUT2D eigenvalue weighted by molar-refractivity contribution is 0.0594. The molecule has 162 valence electrons. The van der Waals surface area contributed by atoms with E-state index in [0.29, 0.717) is 39.3 Å². The topological polar surface area (TPSA) is 76.2 Å². The van der Waals surface area contributed by atoms with Crippen LogP contribution in [0.25, 0.3) is 0 Å². The zero-order valence-corrected chi connectivity index (χ0v) is 18.9. The number of carbonyl (C=O) groups excluding carboxylic acids is 1. The Morgan fingerprint density at radius 3 is 2.63 bits per heavy atom. The Morgan fingerprint density at radius 1 is 1.20 bits per heavy atom. The lowest BCUT2D eigenvalue weighted by Crippen LogP contribution is -2.40. The van der Waals surface area contributed by atoms with Crippen LogP contribution in [0.15, 0.2) is 28.5 Å². The molecule has 0 atom stereocenters. The van der Waals surface area contributed by atoms with E-state index in [1.165, 1.54) is 33.9 Å². The van der Waals surface area contributed by atoms with Gasteiger partial charge in [0.05, 0.1) is 25.9 Å². The normalized spacial score (nSPS) is 18.2. The monoisotopic (exact) mass is 450 g/mol. The third-order valence-electron chi connectivity index (χ3n) is 5.69. The van der Waals surface area contributed by atoms with Crippen LogP contribution in [0.2, 0.25) is 0 Å². The summed E-state index contributed by atoms with van der Waals surface area (Å²) in [5, 5.41) is 0. The molecule has 4 rings (SSSR count). The summed E-state index contributed by atoms with van der Waals surface area (Å²) in [5.74, 6) is -0.577. The molecule has 1 fully saturated rings. The molecule has 7 nitrogen and oxygen atoms in total. The maximum atomic E-state index is 13.3. The maximum absolute atomic E-state index is 13.3. The first-order valence-electron chi connectivity index (χ1n) is 9.99. The molecule has 1 aromatic carbocycles. The Bertz CT molecular complexity index is 1040. The van der Waals surface area contributed by atoms with Gasteiger partial charge in [0.15, 0.2) is 0 Å². The third-order valence-corrected chi connectivity index (χ3v) is 9.30. The van der Waals surface area contributed by atoms with Gasteiger partial charge in [0.25, 0.3) is 10.0 Å². The van der Waals surface area contributed by atoms with Crippen LogP contribution in [0.4, 0.5) is 0 Å². The number of aryl methyl sites for hydroxylation is 1. The van der Waals surface area contributed by atoms with Crippen LogP contribution >= 0.6 is 11.3 Å². The Kier molecular flexibility index (Phi) is 6.26. The molecular weight excluding hydrogens is 424 g/mol. The summed E-state index contributed by atoms with van der Waals surface area (Å²) in [6, 6.07) is 8.27. The molecule has 1 saturated heterocycles. The van der Waals surface area contributed by atoms with Crippen molar-refractivity contribution in [2.75, 3.05) is 40.0 Å². The highest BCUT2D eigenvalue weighted by Gasteiger charge is 2.37. The molecule has 0 unspecified atom stereocenters. The van der Waals surface area contributed by atoms with Crippen LogP contribution in [-0.2, 0) is 39.0 Å². The Balaban J connectivity index is 1.66. The summed E-state index contributed by atoms with van der Waals surface area (Å²) < 4.78 is 38.4. The van der Waals surface area contributed by atoms with Gasteiger partial charge in [0, 0.05) is 37.6 Å². The number of nitrogens with zero attached hydrogens (tertiary/aromatic N) is 2. The molecule has 0 spiro atoms. The minimum atomic E-state index is -3.77. The quantitative estimate of drug-likeness (QED) is 0.652. The lowest BCUT2D eigenvalue weighted by Gasteiger charge is -2.27. The van der Waals surface area contributed by atoms with E-state index in [0.717, 1.165) is 23.5 Å². The molecule has 0 saturated carbocycles. The second-order valence-electron chi connectivity index (χ2n) is 7.56. The lowest BCUT2D eigenvalue weighted by atomic mass is 10.0. The third kappa shape index (κ3) is 4.04. The largest absolute Gasteiger partial charge is 0.465 e. The number of hydrogen-bond donors (Lipinski definition) is 0. The molecule has 2 aliphatic rings. The number of ether oxygens (including phenoxy) is 2. The molecule has 2 aliphatic heterocycles. The van der Waals surface area contributed by atoms with E-state index >= 15 is 0 Å². The van der Waals surface area contributed by atoms with Crippen molar-refractivity contribution in [2.24, 2.45) is 0 Å². The number of sulfonamides is 1. The first-order chi connectivity index (χ1) is 14.4. The van der Waals surface area contributed by atoms with Gasteiger partial charge < -0.3 is 9.47 Å². The number of morpholine rings is 1. The van der Waals surface area contributed by atoms with Gasteiger partial charge in [-0.25, -0.2) is 13.2 Å². The van der Waals surface area contributed by atoms with E-state index in [2.05, 4.69) is 24.0 Å². The van der Waals surface area contributed by atoms with Gasteiger partial charge in [-0.15, -0.1) is 11.3 Å². The molecule has 0 N–H and O–H groups in total. The summed E-state index contributed by atoms with van der Waals surface area (Å²) in [5.41, 5.74) is 3.53. The van der Waals surface area contributed by atoms with Crippen molar-refractivity contribution in [3.8, 4) is 0 Å². The highest BCUT2D eigenvalue weighted by atomic mass is 32.2. The van der Waals surface area contributed by atoms with E-state index < -0.39 is 16.0 Å². The van der Waals surface area contributed by atoms with E-state index in [1.807, 2.05) is 12.1 Å². The van der Waals surface area contributed by atoms with Crippen molar-refractivity contribution in [3.63, 3.8) is 0 Å². The van der Waals surface area contributed by atoms with Crippen LogP contribution in [0.5, 0.6) is 0 Å². The van der Waals surface area contributed by atoms with Gasteiger partial charge in [0.1, 0.15) is 4.21 Å². The zero-order chi connectivity index (χ0) is 21.3. The smallest absolute Gasteiger partial charge is 0.340 e. The standard InChI is InChI=1S/C21H26N2O5S2/c1-15-5-3-4-6-16(15)13-22-8-7-17-18(14-22)29-21(19(17)20(24)27-2)30(25,26)23-9-11-28-12-10-23/h3-6H,7-14H2,1-2H3. The van der Waals surface area contributed by atoms with E-state index in [-0.39, 0.29) is 9.77 Å². The van der Waals surface area contributed by atoms with Gasteiger partial charge in [-0.1, -0.05) is 24.3 Å². The second-order valence-corrected chi connectivity index (χ2v) is 10.8. The first kappa shape index (κ1) is 21.5. The number of hydrogen-bond acceptors (Lipinski definition) is 7. The van der Waals surface area contributed by atoms with Crippen molar-refractivity contribution in [3.05, 3.63) is 51.4 Å². The highest BCUT2D eigenvalue weighted by Crippen LogP contribution is 2.38. The molecule has 0 amide bonds. The van der Waals surface area contributed by atoms with Gasteiger partial charge in [-0.3, -0.25) is 4.90 Å². The van der Waals surface area contributed by atoms with E-state index in [9.17, 15) is 13.2 Å². The number of benzene rings is 1. The molecule has 0 aliphatic carbocycles. The van der Waals surface area contributed by atoms with Crippen LogP contribution in [0, 0.1) is 6.92 Å². The van der Waals surface area contributed by atoms with E-state index in [1.54, 1.807) is 0 Å². The zero-order valence-electron chi connectivity index (χ0n) is 17.2. The first-order valence-corrected chi connectivity index (χ1v) is 12.2. The summed E-state index contributed by atoms with van der Waals surface area (Å²) in [4.78, 5) is 15.8. The second kappa shape index (κ2) is 8.76.